The van der Waals surface area contributed by atoms with E-state index in [-0.39, 0.29) is 11.5 Å². The molecule has 0 spiro atoms. The molecule has 2 rings (SSSR count). The van der Waals surface area contributed by atoms with Gasteiger partial charge < -0.3 is 10.2 Å². The van der Waals surface area contributed by atoms with Crippen molar-refractivity contribution in [1.82, 2.24) is 0 Å². The van der Waals surface area contributed by atoms with Gasteiger partial charge in [-0.25, -0.2) is 0 Å². The third-order valence-electron chi connectivity index (χ3n) is 3.29. The highest BCUT2D eigenvalue weighted by molar-refractivity contribution is 5.79. The van der Waals surface area contributed by atoms with Gasteiger partial charge in [0.2, 0.25) is 0 Å². The monoisotopic (exact) mass is 242 g/mol. The first-order chi connectivity index (χ1) is 8.69. The normalized spacial score (nSPS) is 10.6. The molecule has 0 saturated carbocycles. The third-order valence-corrected chi connectivity index (χ3v) is 3.29. The maximum Gasteiger partial charge on any atom is 0.130 e. The summed E-state index contributed by atoms with van der Waals surface area (Å²) in [6.07, 6.45) is 1.61. The topological polar surface area (TPSA) is 40.5 Å². The van der Waals surface area contributed by atoms with Gasteiger partial charge in [-0.3, -0.25) is 0 Å². The van der Waals surface area contributed by atoms with E-state index in [1.165, 1.54) is 0 Å². The van der Waals surface area contributed by atoms with Crippen molar-refractivity contribution in [3.05, 3.63) is 47.5 Å². The Kier molecular flexibility index (Phi) is 3.56. The van der Waals surface area contributed by atoms with Gasteiger partial charge in [-0.15, -0.1) is 0 Å². The van der Waals surface area contributed by atoms with Crippen molar-refractivity contribution in [1.29, 1.82) is 0 Å². The Labute approximate surface area is 108 Å². The summed E-state index contributed by atoms with van der Waals surface area (Å²) in [5, 5.41) is 20.3. The average Bonchev–Trinajstić information content (AvgIpc) is 2.39. The van der Waals surface area contributed by atoms with Crippen LogP contribution in [0, 0.1) is 0 Å². The number of benzene rings is 2. The Morgan fingerprint density at radius 1 is 0.833 bits per heavy atom. The van der Waals surface area contributed by atoms with E-state index >= 15 is 0 Å². The zero-order valence-electron chi connectivity index (χ0n) is 10.8. The number of phenols is 2. The molecular formula is C16H18O2. The summed E-state index contributed by atoms with van der Waals surface area (Å²) in [5.41, 5.74) is 3.43. The van der Waals surface area contributed by atoms with Crippen LogP contribution in [0.1, 0.15) is 25.0 Å². The van der Waals surface area contributed by atoms with Crippen LogP contribution in [-0.4, -0.2) is 10.2 Å². The van der Waals surface area contributed by atoms with Crippen LogP contribution in [0.4, 0.5) is 0 Å². The molecule has 18 heavy (non-hydrogen) atoms. The van der Waals surface area contributed by atoms with E-state index < -0.39 is 0 Å². The summed E-state index contributed by atoms with van der Waals surface area (Å²) in [6, 6.07) is 11.3. The van der Waals surface area contributed by atoms with E-state index in [2.05, 4.69) is 6.92 Å². The van der Waals surface area contributed by atoms with Crippen molar-refractivity contribution in [2.45, 2.75) is 26.7 Å². The molecule has 0 radical (unpaired) electrons. The van der Waals surface area contributed by atoms with Gasteiger partial charge >= 0.3 is 0 Å². The van der Waals surface area contributed by atoms with Gasteiger partial charge in [0.05, 0.1) is 5.56 Å². The van der Waals surface area contributed by atoms with Gasteiger partial charge in [0.1, 0.15) is 11.5 Å². The Morgan fingerprint density at radius 2 is 1.50 bits per heavy atom. The van der Waals surface area contributed by atoms with Crippen LogP contribution in [0.15, 0.2) is 36.4 Å². The number of aromatic hydroxyl groups is 2. The lowest BCUT2D eigenvalue weighted by atomic mass is 9.94. The second-order valence-corrected chi connectivity index (χ2v) is 4.33. The molecule has 0 aromatic heterocycles. The fourth-order valence-electron chi connectivity index (χ4n) is 2.25. The van der Waals surface area contributed by atoms with E-state index in [9.17, 15) is 10.2 Å². The maximum atomic E-state index is 10.3. The first-order valence-electron chi connectivity index (χ1n) is 6.31. The SMILES string of the molecule is CCc1ccccc1-c1c(O)ccc(CC)c1O. The minimum absolute atomic E-state index is 0.130. The van der Waals surface area contributed by atoms with Gasteiger partial charge in [-0.1, -0.05) is 44.2 Å². The summed E-state index contributed by atoms with van der Waals surface area (Å²) in [4.78, 5) is 0. The third kappa shape index (κ3) is 2.06. The van der Waals surface area contributed by atoms with Crippen LogP contribution in [0.5, 0.6) is 11.5 Å². The second kappa shape index (κ2) is 5.13. The van der Waals surface area contributed by atoms with Crippen molar-refractivity contribution in [3.8, 4) is 22.6 Å². The fourth-order valence-corrected chi connectivity index (χ4v) is 2.25. The summed E-state index contributed by atoms with van der Waals surface area (Å²) >= 11 is 0. The molecule has 0 aliphatic carbocycles. The van der Waals surface area contributed by atoms with Crippen LogP contribution in [0.2, 0.25) is 0 Å². The van der Waals surface area contributed by atoms with Crippen molar-refractivity contribution in [2.75, 3.05) is 0 Å². The molecule has 2 N–H and O–H groups in total. The fraction of sp³-hybridized carbons (Fsp3) is 0.250. The Morgan fingerprint density at radius 3 is 2.17 bits per heavy atom. The molecule has 2 aromatic rings. The van der Waals surface area contributed by atoms with E-state index in [1.807, 2.05) is 31.2 Å². The van der Waals surface area contributed by atoms with Crippen molar-refractivity contribution >= 4 is 0 Å². The van der Waals surface area contributed by atoms with Crippen LogP contribution >= 0.6 is 0 Å². The smallest absolute Gasteiger partial charge is 0.130 e. The van der Waals surface area contributed by atoms with E-state index in [4.69, 9.17) is 0 Å². The molecule has 0 bridgehead atoms. The van der Waals surface area contributed by atoms with Crippen LogP contribution in [-0.2, 0) is 12.8 Å². The minimum Gasteiger partial charge on any atom is -0.507 e. The predicted octanol–water partition coefficient (Wildman–Crippen LogP) is 3.89. The van der Waals surface area contributed by atoms with Crippen LogP contribution < -0.4 is 0 Å². The lowest BCUT2D eigenvalue weighted by Gasteiger charge is -2.14. The predicted molar refractivity (Wildman–Crippen MR) is 74.0 cm³/mol. The minimum atomic E-state index is 0.130. The van der Waals surface area contributed by atoms with Gasteiger partial charge in [0.15, 0.2) is 0 Å². The molecule has 0 aliphatic heterocycles. The molecule has 0 unspecified atom stereocenters. The lowest BCUT2D eigenvalue weighted by molar-refractivity contribution is 0.450. The standard InChI is InChI=1S/C16H18O2/c1-3-11-7-5-6-8-13(11)15-14(17)10-9-12(4-2)16(15)18/h5-10,17-18H,3-4H2,1-2H3. The molecule has 2 nitrogen and oxygen atoms in total. The molecule has 0 atom stereocenters. The number of hydrogen-bond acceptors (Lipinski definition) is 2. The highest BCUT2D eigenvalue weighted by Gasteiger charge is 2.15. The summed E-state index contributed by atoms with van der Waals surface area (Å²) in [6.45, 7) is 4.05. The Balaban J connectivity index is 2.70. The average molecular weight is 242 g/mol. The van der Waals surface area contributed by atoms with Crippen LogP contribution in [0.3, 0.4) is 0 Å². The molecule has 2 aromatic carbocycles. The number of phenolic OH excluding ortho intramolecular Hbond substituents is 2. The molecule has 94 valence electrons. The molecule has 0 saturated heterocycles. The molecule has 2 heteroatoms. The number of hydrogen-bond donors (Lipinski definition) is 2. The molecular weight excluding hydrogens is 224 g/mol. The van der Waals surface area contributed by atoms with Gasteiger partial charge in [-0.2, -0.15) is 0 Å². The molecule has 0 amide bonds. The van der Waals surface area contributed by atoms with Crippen molar-refractivity contribution < 1.29 is 10.2 Å². The highest BCUT2D eigenvalue weighted by atomic mass is 16.3. The Bertz CT molecular complexity index is 559. The summed E-state index contributed by atoms with van der Waals surface area (Å²) in [7, 11) is 0. The zero-order chi connectivity index (χ0) is 13.1. The van der Waals surface area contributed by atoms with E-state index in [0.29, 0.717) is 5.56 Å². The van der Waals surface area contributed by atoms with Crippen molar-refractivity contribution in [2.24, 2.45) is 0 Å². The summed E-state index contributed by atoms with van der Waals surface area (Å²) in [5.74, 6) is 0.323. The lowest BCUT2D eigenvalue weighted by Crippen LogP contribution is -1.91. The van der Waals surface area contributed by atoms with Gasteiger partial charge in [0, 0.05) is 0 Å². The van der Waals surface area contributed by atoms with Crippen molar-refractivity contribution in [3.63, 3.8) is 0 Å². The Hall–Kier alpha value is -1.96. The zero-order valence-corrected chi connectivity index (χ0v) is 10.8. The largest absolute Gasteiger partial charge is 0.507 e. The quantitative estimate of drug-likeness (QED) is 0.857. The maximum absolute atomic E-state index is 10.3. The van der Waals surface area contributed by atoms with E-state index in [1.54, 1.807) is 12.1 Å². The number of rotatable bonds is 3. The van der Waals surface area contributed by atoms with Crippen LogP contribution in [0.25, 0.3) is 11.1 Å². The highest BCUT2D eigenvalue weighted by Crippen LogP contribution is 2.41. The second-order valence-electron chi connectivity index (χ2n) is 4.33. The number of aryl methyl sites for hydroxylation is 2. The summed E-state index contributed by atoms with van der Waals surface area (Å²) < 4.78 is 0. The van der Waals surface area contributed by atoms with E-state index in [0.717, 1.165) is 29.5 Å². The molecule has 0 aliphatic rings. The molecule has 0 fully saturated rings. The molecule has 0 heterocycles. The first kappa shape index (κ1) is 12.5. The first-order valence-corrected chi connectivity index (χ1v) is 6.31. The van der Waals surface area contributed by atoms with Gasteiger partial charge in [0.25, 0.3) is 0 Å². The van der Waals surface area contributed by atoms with Gasteiger partial charge in [-0.05, 0) is 35.6 Å².